The van der Waals surface area contributed by atoms with Crippen molar-refractivity contribution in [1.29, 1.82) is 0 Å². The van der Waals surface area contributed by atoms with Crippen molar-refractivity contribution in [3.05, 3.63) is 34.6 Å². The molecule has 2 spiro atoms. The van der Waals surface area contributed by atoms with E-state index in [0.29, 0.717) is 37.6 Å². The molecule has 0 radical (unpaired) electrons. The van der Waals surface area contributed by atoms with Crippen LogP contribution < -0.4 is 5.32 Å². The van der Waals surface area contributed by atoms with E-state index in [1.165, 1.54) is 18.2 Å². The fourth-order valence-electron chi connectivity index (χ4n) is 5.56. The van der Waals surface area contributed by atoms with E-state index in [4.69, 9.17) is 16.3 Å². The fourth-order valence-corrected chi connectivity index (χ4v) is 5.78. The van der Waals surface area contributed by atoms with Crippen LogP contribution in [-0.2, 0) is 9.53 Å². The number of ether oxygens (including phenoxy) is 1. The molecule has 2 heterocycles. The molecule has 0 atom stereocenters. The third kappa shape index (κ3) is 4.80. The molecule has 1 aromatic rings. The molecule has 32 heavy (non-hydrogen) atoms. The average molecular weight is 466 g/mol. The Morgan fingerprint density at radius 3 is 2.59 bits per heavy atom. The number of carbonyl (C=O) groups excluding carboxylic acids is 2. The van der Waals surface area contributed by atoms with Crippen LogP contribution in [0.1, 0.15) is 49.9 Å². The summed E-state index contributed by atoms with van der Waals surface area (Å²) < 4.78 is 19.0. The molecule has 2 aliphatic heterocycles. The number of nitrogens with one attached hydrogen (secondary N) is 1. The van der Waals surface area contributed by atoms with E-state index in [0.717, 1.165) is 45.3 Å². The highest BCUT2D eigenvalue weighted by atomic mass is 35.5. The number of morpholine rings is 1. The molecule has 4 fully saturated rings. The Morgan fingerprint density at radius 1 is 1.22 bits per heavy atom. The number of hydrogen-bond donors (Lipinski definition) is 1. The van der Waals surface area contributed by atoms with Crippen molar-refractivity contribution in [3.63, 3.8) is 0 Å². The molecule has 0 aromatic heterocycles. The maximum Gasteiger partial charge on any atom is 0.251 e. The molecule has 0 unspecified atom stereocenters. The van der Waals surface area contributed by atoms with E-state index in [2.05, 4.69) is 15.1 Å². The van der Waals surface area contributed by atoms with E-state index in [1.807, 2.05) is 13.8 Å². The van der Waals surface area contributed by atoms with Crippen molar-refractivity contribution >= 4 is 23.4 Å². The van der Waals surface area contributed by atoms with E-state index in [9.17, 15) is 14.0 Å². The lowest BCUT2D eigenvalue weighted by molar-refractivity contribution is -0.150. The molecule has 2 saturated heterocycles. The first-order chi connectivity index (χ1) is 15.4. The van der Waals surface area contributed by atoms with Gasteiger partial charge in [-0.25, -0.2) is 4.39 Å². The number of amides is 2. The zero-order valence-electron chi connectivity index (χ0n) is 19.0. The molecule has 176 valence electrons. The second-order valence-electron chi connectivity index (χ2n) is 9.61. The molecule has 2 saturated carbocycles. The summed E-state index contributed by atoms with van der Waals surface area (Å²) in [4.78, 5) is 29.3. The molecule has 2 aliphatic carbocycles. The van der Waals surface area contributed by atoms with Gasteiger partial charge in [0.1, 0.15) is 5.82 Å². The molecular weight excluding hydrogens is 433 g/mol. The molecule has 6 nitrogen and oxygen atoms in total. The van der Waals surface area contributed by atoms with Crippen LogP contribution in [0.4, 0.5) is 4.39 Å². The molecule has 5 rings (SSSR count). The van der Waals surface area contributed by atoms with E-state index in [-0.39, 0.29) is 27.9 Å². The SMILES string of the molecule is CC.O=C(NCC1CC2(C1)CN(CC(=O)N1CCOCC13CC3)C2)c1cc(F)cc(Cl)c1. The Kier molecular flexibility index (Phi) is 6.80. The Labute approximate surface area is 194 Å². The molecule has 1 N–H and O–H groups in total. The van der Waals surface area contributed by atoms with Gasteiger partial charge in [-0.15, -0.1) is 0 Å². The number of likely N-dealkylation sites (tertiary alicyclic amines) is 1. The average Bonchev–Trinajstić information content (AvgIpc) is 3.48. The first-order valence-electron chi connectivity index (χ1n) is 11.7. The smallest absolute Gasteiger partial charge is 0.251 e. The van der Waals surface area contributed by atoms with Gasteiger partial charge in [-0.05, 0) is 55.2 Å². The first kappa shape index (κ1) is 23.5. The highest BCUT2D eigenvalue weighted by Gasteiger charge is 2.55. The van der Waals surface area contributed by atoms with Gasteiger partial charge in [0.2, 0.25) is 5.91 Å². The third-order valence-electron chi connectivity index (χ3n) is 7.13. The molecule has 8 heteroatoms. The molecule has 4 aliphatic rings. The minimum atomic E-state index is -0.510. The van der Waals surface area contributed by atoms with Crippen LogP contribution >= 0.6 is 11.6 Å². The van der Waals surface area contributed by atoms with Crippen molar-refractivity contribution in [2.45, 2.75) is 45.1 Å². The zero-order valence-corrected chi connectivity index (χ0v) is 19.7. The van der Waals surface area contributed by atoms with Crippen molar-refractivity contribution in [2.75, 3.05) is 45.9 Å². The second kappa shape index (κ2) is 9.27. The van der Waals surface area contributed by atoms with Crippen molar-refractivity contribution < 1.29 is 18.7 Å². The van der Waals surface area contributed by atoms with Gasteiger partial charge in [0.05, 0.1) is 25.3 Å². The van der Waals surface area contributed by atoms with Gasteiger partial charge < -0.3 is 15.0 Å². The molecule has 2 amide bonds. The topological polar surface area (TPSA) is 61.9 Å². The summed E-state index contributed by atoms with van der Waals surface area (Å²) in [7, 11) is 0. The monoisotopic (exact) mass is 465 g/mol. The lowest BCUT2D eigenvalue weighted by Crippen LogP contribution is -2.65. The van der Waals surface area contributed by atoms with Gasteiger partial charge in [-0.3, -0.25) is 14.5 Å². The molecule has 0 bridgehead atoms. The minimum Gasteiger partial charge on any atom is -0.377 e. The van der Waals surface area contributed by atoms with Crippen LogP contribution in [0.5, 0.6) is 0 Å². The second-order valence-corrected chi connectivity index (χ2v) is 10.0. The summed E-state index contributed by atoms with van der Waals surface area (Å²) in [6.07, 6.45) is 4.25. The predicted molar refractivity (Wildman–Crippen MR) is 121 cm³/mol. The standard InChI is InChI=1S/C22H27ClFN3O3.C2H6/c23-17-5-16(6-18(24)7-17)20(29)25-10-15-8-21(9-15)12-26(13-21)11-19(28)27-3-4-30-14-22(27)1-2-22;1-2/h5-7,15H,1-4,8-14H2,(H,25,29);1-2H3. The van der Waals surface area contributed by atoms with Gasteiger partial charge in [0.25, 0.3) is 5.91 Å². The summed E-state index contributed by atoms with van der Waals surface area (Å²) in [5.41, 5.74) is 0.558. The van der Waals surface area contributed by atoms with E-state index >= 15 is 0 Å². The highest BCUT2D eigenvalue weighted by molar-refractivity contribution is 6.31. The maximum absolute atomic E-state index is 13.4. The van der Waals surface area contributed by atoms with Crippen LogP contribution in [0.3, 0.4) is 0 Å². The summed E-state index contributed by atoms with van der Waals surface area (Å²) in [5.74, 6) is -0.130. The molecule has 1 aromatic carbocycles. The largest absolute Gasteiger partial charge is 0.377 e. The number of hydrogen-bond acceptors (Lipinski definition) is 4. The number of benzene rings is 1. The Morgan fingerprint density at radius 2 is 1.94 bits per heavy atom. The van der Waals surface area contributed by atoms with Crippen LogP contribution in [0.25, 0.3) is 0 Å². The highest BCUT2D eigenvalue weighted by Crippen LogP contribution is 2.51. The number of nitrogens with zero attached hydrogens (tertiary/aromatic N) is 2. The van der Waals surface area contributed by atoms with Crippen LogP contribution in [0, 0.1) is 17.2 Å². The van der Waals surface area contributed by atoms with E-state index < -0.39 is 5.82 Å². The summed E-state index contributed by atoms with van der Waals surface area (Å²) in [6.45, 7) is 9.07. The fraction of sp³-hybridized carbons (Fsp3) is 0.667. The van der Waals surface area contributed by atoms with Gasteiger partial charge in [-0.1, -0.05) is 25.4 Å². The molecular formula is C24H33ClFN3O3. The maximum atomic E-state index is 13.4. The lowest BCUT2D eigenvalue weighted by Gasteiger charge is -2.59. The Hall–Kier alpha value is -1.70. The van der Waals surface area contributed by atoms with Crippen LogP contribution in [0.2, 0.25) is 5.02 Å². The normalized spacial score (nSPS) is 23.1. The summed E-state index contributed by atoms with van der Waals surface area (Å²) in [5, 5.41) is 3.11. The number of halogens is 2. The van der Waals surface area contributed by atoms with E-state index in [1.54, 1.807) is 0 Å². The lowest BCUT2D eigenvalue weighted by atomic mass is 9.57. The van der Waals surface area contributed by atoms with Gasteiger partial charge in [0.15, 0.2) is 0 Å². The first-order valence-corrected chi connectivity index (χ1v) is 12.1. The van der Waals surface area contributed by atoms with Crippen molar-refractivity contribution in [1.82, 2.24) is 15.1 Å². The zero-order chi connectivity index (χ0) is 22.9. The summed E-state index contributed by atoms with van der Waals surface area (Å²) in [6, 6.07) is 3.86. The minimum absolute atomic E-state index is 0.00353. The van der Waals surface area contributed by atoms with Crippen LogP contribution in [0.15, 0.2) is 18.2 Å². The van der Waals surface area contributed by atoms with Gasteiger partial charge >= 0.3 is 0 Å². The van der Waals surface area contributed by atoms with Gasteiger partial charge in [-0.2, -0.15) is 0 Å². The van der Waals surface area contributed by atoms with Crippen molar-refractivity contribution in [2.24, 2.45) is 11.3 Å². The predicted octanol–water partition coefficient (Wildman–Crippen LogP) is 3.34. The quantitative estimate of drug-likeness (QED) is 0.724. The van der Waals surface area contributed by atoms with Crippen molar-refractivity contribution in [3.8, 4) is 0 Å². The van der Waals surface area contributed by atoms with Gasteiger partial charge in [0, 0.05) is 36.8 Å². The Balaban J connectivity index is 0.00000119. The Bertz CT molecular complexity index is 842. The summed E-state index contributed by atoms with van der Waals surface area (Å²) >= 11 is 5.82. The third-order valence-corrected chi connectivity index (χ3v) is 7.35. The van der Waals surface area contributed by atoms with Crippen LogP contribution in [-0.4, -0.2) is 73.1 Å². The number of carbonyl (C=O) groups is 2. The number of rotatable bonds is 5.